The first-order valence-corrected chi connectivity index (χ1v) is 8.77. The fraction of sp³-hybridized carbons (Fsp3) is 1.00. The van der Waals surface area contributed by atoms with Crippen molar-refractivity contribution in [3.05, 3.63) is 0 Å². The first kappa shape index (κ1) is 22.7. The molecule has 0 amide bonds. The molecular weight excluding hydrogens is 312 g/mol. The Morgan fingerprint density at radius 1 is 0.450 bits per heavy atom. The highest BCUT2D eigenvalue weighted by Gasteiger charge is 2.21. The van der Waals surface area contributed by atoms with Gasteiger partial charge in [-0.2, -0.15) is 0 Å². The number of rotatable bonds is 12. The highest BCUT2D eigenvalue weighted by Crippen LogP contribution is 2.12. The Morgan fingerprint density at radius 3 is 0.900 bits per heavy atom. The smallest absolute Gasteiger partial charge is 0.0786 e. The molecule has 0 aliphatic heterocycles. The first-order chi connectivity index (χ1) is 9.07. The second kappa shape index (κ2) is 12.0. The monoisotopic (exact) mass is 351 g/mol. The Labute approximate surface area is 139 Å². The minimum absolute atomic E-state index is 0. The molecule has 0 saturated heterocycles. The molecule has 0 aromatic carbocycles. The quantitative estimate of drug-likeness (QED) is 0.362. The topological polar surface area (TPSA) is 0 Å². The van der Waals surface area contributed by atoms with E-state index in [1.165, 1.54) is 80.6 Å². The van der Waals surface area contributed by atoms with Gasteiger partial charge in [-0.3, -0.25) is 0 Å². The molecule has 0 N–H and O–H groups in total. The molecule has 0 fully saturated rings. The summed E-state index contributed by atoms with van der Waals surface area (Å²) in [5.74, 6) is 0. The molecule has 2 nitrogen and oxygen atoms in total. The Morgan fingerprint density at radius 2 is 0.700 bits per heavy atom. The molecule has 124 valence electrons. The zero-order chi connectivity index (χ0) is 14.8. The Bertz CT molecular complexity index is 173. The molecule has 0 heterocycles. The summed E-state index contributed by atoms with van der Waals surface area (Å²) in [5.41, 5.74) is 0. The van der Waals surface area contributed by atoms with Gasteiger partial charge in [0.1, 0.15) is 0 Å². The third-order valence-electron chi connectivity index (χ3n) is 5.79. The van der Waals surface area contributed by atoms with Crippen LogP contribution in [0.25, 0.3) is 0 Å². The van der Waals surface area contributed by atoms with Crippen LogP contribution in [0, 0.1) is 0 Å². The maximum absolute atomic E-state index is 2.35. The molecule has 0 aliphatic carbocycles. The van der Waals surface area contributed by atoms with E-state index >= 15 is 0 Å². The van der Waals surface area contributed by atoms with Crippen molar-refractivity contribution < 1.29 is 25.9 Å². The summed E-state index contributed by atoms with van der Waals surface area (Å²) < 4.78 is 2.63. The van der Waals surface area contributed by atoms with Crippen molar-refractivity contribution in [3.8, 4) is 0 Å². The number of nitrogens with zero attached hydrogens (tertiary/aromatic N) is 2. The molecule has 0 bridgehead atoms. The van der Waals surface area contributed by atoms with E-state index < -0.39 is 0 Å². The van der Waals surface area contributed by atoms with Crippen LogP contribution in [0.4, 0.5) is 0 Å². The van der Waals surface area contributed by atoms with Crippen molar-refractivity contribution in [1.82, 2.24) is 0 Å². The van der Waals surface area contributed by atoms with Crippen molar-refractivity contribution in [1.29, 1.82) is 0 Å². The van der Waals surface area contributed by atoms with Gasteiger partial charge in [-0.25, -0.2) is 0 Å². The van der Waals surface area contributed by atoms with Crippen LogP contribution in [0.3, 0.4) is 0 Å². The van der Waals surface area contributed by atoms with Crippen LogP contribution in [0.2, 0.25) is 0 Å². The van der Waals surface area contributed by atoms with E-state index in [9.17, 15) is 0 Å². The molecule has 0 radical (unpaired) electrons. The largest absolute Gasteiger partial charge is 1.00 e. The second-order valence-corrected chi connectivity index (χ2v) is 6.09. The number of halogens is 1. The molecular formula is C17H40BrN2+. The van der Waals surface area contributed by atoms with Crippen molar-refractivity contribution in [2.24, 2.45) is 0 Å². The highest BCUT2D eigenvalue weighted by atomic mass is 79.9. The van der Waals surface area contributed by atoms with Gasteiger partial charge in [-0.15, -0.1) is 0 Å². The molecule has 0 aromatic rings. The lowest BCUT2D eigenvalue weighted by molar-refractivity contribution is -0.925. The van der Waals surface area contributed by atoms with Crippen LogP contribution in [0.1, 0.15) is 60.8 Å². The number of hydrogen-bond donors (Lipinski definition) is 0. The van der Waals surface area contributed by atoms with Gasteiger partial charge in [-0.1, -0.05) is 0 Å². The molecule has 0 atom stereocenters. The van der Waals surface area contributed by atoms with Crippen LogP contribution < -0.4 is 17.0 Å². The number of hydrogen-bond acceptors (Lipinski definition) is 0. The Hall–Kier alpha value is 0.400. The van der Waals surface area contributed by atoms with E-state index in [1.54, 1.807) is 0 Å². The van der Waals surface area contributed by atoms with Gasteiger partial charge < -0.3 is 25.9 Å². The van der Waals surface area contributed by atoms with E-state index in [2.05, 4.69) is 41.5 Å². The zero-order valence-electron chi connectivity index (χ0n) is 15.1. The molecule has 0 aliphatic rings. The van der Waals surface area contributed by atoms with Crippen molar-refractivity contribution in [3.63, 3.8) is 0 Å². The van der Waals surface area contributed by atoms with E-state index in [-0.39, 0.29) is 17.0 Å². The predicted molar refractivity (Wildman–Crippen MR) is 87.4 cm³/mol. The predicted octanol–water partition coefficient (Wildman–Crippen LogP) is 0.914. The lowest BCUT2D eigenvalue weighted by atomic mass is 10.1. The summed E-state index contributed by atoms with van der Waals surface area (Å²) in [4.78, 5) is 0. The standard InChI is InChI=1S/C17H40N2.BrH/c1-7-18(8-2,9-3)16-14-13-15-17-19(10-4,11-5)12-6;/h7-17H2,1-6H3;1H/q+2;/p-1. The van der Waals surface area contributed by atoms with Crippen LogP contribution >= 0.6 is 0 Å². The fourth-order valence-corrected chi connectivity index (χ4v) is 3.36. The van der Waals surface area contributed by atoms with E-state index in [0.29, 0.717) is 0 Å². The van der Waals surface area contributed by atoms with E-state index in [1.807, 2.05) is 0 Å². The summed E-state index contributed by atoms with van der Waals surface area (Å²) in [6.07, 6.45) is 4.24. The summed E-state index contributed by atoms with van der Waals surface area (Å²) in [6, 6.07) is 0. The molecule has 0 rings (SSSR count). The minimum atomic E-state index is 0. The van der Waals surface area contributed by atoms with Crippen LogP contribution in [-0.4, -0.2) is 61.3 Å². The summed E-state index contributed by atoms with van der Waals surface area (Å²) in [7, 11) is 0. The third kappa shape index (κ3) is 6.91. The molecule has 3 heteroatoms. The summed E-state index contributed by atoms with van der Waals surface area (Å²) in [6.45, 7) is 24.6. The van der Waals surface area contributed by atoms with Gasteiger partial charge >= 0.3 is 0 Å². The molecule has 0 aromatic heterocycles. The van der Waals surface area contributed by atoms with Gasteiger partial charge in [0.25, 0.3) is 0 Å². The van der Waals surface area contributed by atoms with Crippen LogP contribution in [0.5, 0.6) is 0 Å². The first-order valence-electron chi connectivity index (χ1n) is 8.77. The Balaban J connectivity index is 0. The fourth-order valence-electron chi connectivity index (χ4n) is 3.36. The van der Waals surface area contributed by atoms with Crippen molar-refractivity contribution in [2.75, 3.05) is 52.4 Å². The van der Waals surface area contributed by atoms with Crippen molar-refractivity contribution >= 4 is 0 Å². The zero-order valence-corrected chi connectivity index (χ0v) is 16.6. The van der Waals surface area contributed by atoms with Gasteiger partial charge in [0.15, 0.2) is 0 Å². The molecule has 0 unspecified atom stereocenters. The van der Waals surface area contributed by atoms with Gasteiger partial charge in [0, 0.05) is 0 Å². The average molecular weight is 352 g/mol. The maximum Gasteiger partial charge on any atom is 0.0786 e. The van der Waals surface area contributed by atoms with Crippen LogP contribution in [-0.2, 0) is 0 Å². The van der Waals surface area contributed by atoms with Crippen molar-refractivity contribution in [2.45, 2.75) is 60.8 Å². The maximum atomic E-state index is 2.35. The van der Waals surface area contributed by atoms with Gasteiger partial charge in [-0.05, 0) is 60.8 Å². The highest BCUT2D eigenvalue weighted by molar-refractivity contribution is 4.46. The lowest BCUT2D eigenvalue weighted by Gasteiger charge is -2.37. The SMILES string of the molecule is CC[N+](CC)(CC)CCCCC[N+](CC)(CC)CC.[Br-]. The molecule has 0 saturated carbocycles. The number of unbranched alkanes of at least 4 members (excludes halogenated alkanes) is 2. The van der Waals surface area contributed by atoms with Gasteiger partial charge in [0.05, 0.1) is 52.4 Å². The number of quaternary nitrogens is 2. The summed E-state index contributed by atoms with van der Waals surface area (Å²) in [5, 5.41) is 0. The second-order valence-electron chi connectivity index (χ2n) is 6.09. The van der Waals surface area contributed by atoms with Gasteiger partial charge in [0.2, 0.25) is 0 Å². The van der Waals surface area contributed by atoms with Crippen LogP contribution in [0.15, 0.2) is 0 Å². The van der Waals surface area contributed by atoms with E-state index in [4.69, 9.17) is 0 Å². The minimum Gasteiger partial charge on any atom is -1.00 e. The van der Waals surface area contributed by atoms with E-state index in [0.717, 1.165) is 0 Å². The normalized spacial score (nSPS) is 12.3. The lowest BCUT2D eigenvalue weighted by Crippen LogP contribution is -3.00. The molecule has 0 spiro atoms. The molecule has 20 heavy (non-hydrogen) atoms. The Kier molecular flexibility index (Phi) is 13.6. The average Bonchev–Trinajstić information content (AvgIpc) is 2.48. The summed E-state index contributed by atoms with van der Waals surface area (Å²) >= 11 is 0. The third-order valence-corrected chi connectivity index (χ3v) is 5.79.